The number of hydrogen-bond donors (Lipinski definition) is 2. The third kappa shape index (κ3) is 2.28. The van der Waals surface area contributed by atoms with E-state index in [0.29, 0.717) is 6.54 Å². The molecule has 1 heterocycles. The van der Waals surface area contributed by atoms with Gasteiger partial charge in [-0.2, -0.15) is 0 Å². The molecule has 0 aliphatic carbocycles. The molecule has 0 saturated heterocycles. The fourth-order valence-corrected chi connectivity index (χ4v) is 1.91. The highest BCUT2D eigenvalue weighted by Gasteiger charge is 2.11. The number of benzene rings is 1. The maximum Gasteiger partial charge on any atom is 0.137 e. The van der Waals surface area contributed by atoms with E-state index < -0.39 is 0 Å². The average molecular weight is 243 g/mol. The second kappa shape index (κ2) is 5.06. The van der Waals surface area contributed by atoms with Crippen molar-refractivity contribution in [1.29, 1.82) is 0 Å². The molecule has 2 aromatic rings. The lowest BCUT2D eigenvalue weighted by Crippen LogP contribution is -2.16. The van der Waals surface area contributed by atoms with Crippen LogP contribution >= 0.6 is 0 Å². The Morgan fingerprint density at radius 3 is 2.50 bits per heavy atom. The van der Waals surface area contributed by atoms with Crippen LogP contribution in [-0.2, 0) is 6.54 Å². The van der Waals surface area contributed by atoms with Crippen LogP contribution < -0.4 is 10.6 Å². The molecule has 0 amide bonds. The lowest BCUT2D eigenvalue weighted by molar-refractivity contribution is 0.475. The van der Waals surface area contributed by atoms with Crippen LogP contribution in [0.2, 0.25) is 0 Å². The van der Waals surface area contributed by atoms with Gasteiger partial charge in [0.2, 0.25) is 0 Å². The Hall–Kier alpha value is -2.07. The molecular formula is C14H17N3O. The zero-order valence-electron chi connectivity index (χ0n) is 10.6. The molecule has 4 nitrogen and oxygen atoms in total. The van der Waals surface area contributed by atoms with Gasteiger partial charge >= 0.3 is 0 Å². The highest BCUT2D eigenvalue weighted by molar-refractivity contribution is 5.63. The van der Waals surface area contributed by atoms with Gasteiger partial charge in [0.25, 0.3) is 0 Å². The maximum atomic E-state index is 9.30. The summed E-state index contributed by atoms with van der Waals surface area (Å²) in [6, 6.07) is 8.96. The first-order valence-electron chi connectivity index (χ1n) is 5.81. The van der Waals surface area contributed by atoms with Crippen molar-refractivity contribution < 1.29 is 5.11 Å². The highest BCUT2D eigenvalue weighted by atomic mass is 16.3. The van der Waals surface area contributed by atoms with E-state index in [1.54, 1.807) is 18.3 Å². The first-order chi connectivity index (χ1) is 8.63. The Morgan fingerprint density at radius 1 is 1.22 bits per heavy atom. The summed E-state index contributed by atoms with van der Waals surface area (Å²) < 4.78 is 0. The molecule has 4 heteroatoms. The van der Waals surface area contributed by atoms with Gasteiger partial charge in [-0.1, -0.05) is 0 Å². The molecule has 94 valence electrons. The molecule has 0 unspecified atom stereocenters. The fourth-order valence-electron chi connectivity index (χ4n) is 1.91. The maximum absolute atomic E-state index is 9.30. The monoisotopic (exact) mass is 243 g/mol. The molecule has 0 radical (unpaired) electrons. The molecule has 18 heavy (non-hydrogen) atoms. The van der Waals surface area contributed by atoms with Crippen LogP contribution in [0.1, 0.15) is 11.1 Å². The minimum Gasteiger partial charge on any atom is -0.508 e. The Bertz CT molecular complexity index is 537. The van der Waals surface area contributed by atoms with E-state index in [4.69, 9.17) is 5.73 Å². The number of pyridine rings is 1. The summed E-state index contributed by atoms with van der Waals surface area (Å²) >= 11 is 0. The molecule has 2 rings (SSSR count). The highest BCUT2D eigenvalue weighted by Crippen LogP contribution is 2.27. The van der Waals surface area contributed by atoms with E-state index in [9.17, 15) is 5.11 Å². The van der Waals surface area contributed by atoms with E-state index in [0.717, 1.165) is 22.6 Å². The number of phenolic OH excluding ortho intramolecular Hbond substituents is 1. The Morgan fingerprint density at radius 2 is 1.89 bits per heavy atom. The molecule has 0 atom stereocenters. The van der Waals surface area contributed by atoms with Gasteiger partial charge in [0.15, 0.2) is 0 Å². The van der Waals surface area contributed by atoms with Crippen molar-refractivity contribution in [3.8, 4) is 5.75 Å². The molecule has 0 saturated carbocycles. The molecular weight excluding hydrogens is 226 g/mol. The number of rotatable bonds is 3. The first-order valence-corrected chi connectivity index (χ1v) is 5.81. The molecule has 1 aromatic carbocycles. The summed E-state index contributed by atoms with van der Waals surface area (Å²) in [5, 5.41) is 9.30. The number of phenols is 1. The lowest BCUT2D eigenvalue weighted by atomic mass is 10.1. The number of nitrogens with two attached hydrogens (primary N) is 1. The molecule has 0 fully saturated rings. The van der Waals surface area contributed by atoms with Crippen molar-refractivity contribution in [3.05, 3.63) is 47.7 Å². The minimum atomic E-state index is 0.253. The molecule has 0 spiro atoms. The number of aryl methyl sites for hydroxylation is 1. The number of aromatic hydroxyl groups is 1. The van der Waals surface area contributed by atoms with Crippen LogP contribution in [0, 0.1) is 6.92 Å². The van der Waals surface area contributed by atoms with E-state index in [-0.39, 0.29) is 5.75 Å². The van der Waals surface area contributed by atoms with Gasteiger partial charge in [-0.05, 0) is 42.8 Å². The third-order valence-corrected chi connectivity index (χ3v) is 3.03. The Kier molecular flexibility index (Phi) is 3.48. The zero-order valence-corrected chi connectivity index (χ0v) is 10.6. The Labute approximate surface area is 107 Å². The summed E-state index contributed by atoms with van der Waals surface area (Å²) in [4.78, 5) is 6.36. The van der Waals surface area contributed by atoms with E-state index >= 15 is 0 Å². The van der Waals surface area contributed by atoms with Gasteiger partial charge in [-0.15, -0.1) is 0 Å². The van der Waals surface area contributed by atoms with Crippen molar-refractivity contribution in [2.75, 3.05) is 11.9 Å². The van der Waals surface area contributed by atoms with Crippen LogP contribution in [0.3, 0.4) is 0 Å². The molecule has 1 aromatic heterocycles. The van der Waals surface area contributed by atoms with Gasteiger partial charge in [0.05, 0.1) is 0 Å². The summed E-state index contributed by atoms with van der Waals surface area (Å²) in [6.45, 7) is 2.48. The quantitative estimate of drug-likeness (QED) is 0.868. The van der Waals surface area contributed by atoms with Crippen LogP contribution in [0.15, 0.2) is 36.5 Å². The predicted octanol–water partition coefficient (Wildman–Crippen LogP) is 2.32. The van der Waals surface area contributed by atoms with Crippen molar-refractivity contribution in [1.82, 2.24) is 4.98 Å². The van der Waals surface area contributed by atoms with E-state index in [1.807, 2.05) is 37.1 Å². The standard InChI is InChI=1S/C14H17N3O/c1-10-7-8-16-14(13(10)9-15)17(2)11-3-5-12(18)6-4-11/h3-8,18H,9,15H2,1-2H3. The second-order valence-electron chi connectivity index (χ2n) is 4.21. The summed E-state index contributed by atoms with van der Waals surface area (Å²) in [5.74, 6) is 1.10. The van der Waals surface area contributed by atoms with E-state index in [2.05, 4.69) is 4.98 Å². The van der Waals surface area contributed by atoms with Gasteiger partial charge in [0, 0.05) is 31.0 Å². The number of anilines is 2. The number of aromatic nitrogens is 1. The van der Waals surface area contributed by atoms with Crippen molar-refractivity contribution in [3.63, 3.8) is 0 Å². The lowest BCUT2D eigenvalue weighted by Gasteiger charge is -2.22. The Balaban J connectivity index is 2.42. The molecule has 0 aliphatic rings. The van der Waals surface area contributed by atoms with Crippen LogP contribution in [0.4, 0.5) is 11.5 Å². The largest absolute Gasteiger partial charge is 0.508 e. The van der Waals surface area contributed by atoms with Crippen molar-refractivity contribution >= 4 is 11.5 Å². The smallest absolute Gasteiger partial charge is 0.137 e. The zero-order chi connectivity index (χ0) is 13.1. The van der Waals surface area contributed by atoms with Gasteiger partial charge in [0.1, 0.15) is 11.6 Å². The second-order valence-corrected chi connectivity index (χ2v) is 4.21. The molecule has 0 aliphatic heterocycles. The average Bonchev–Trinajstić information content (AvgIpc) is 2.38. The van der Waals surface area contributed by atoms with Crippen LogP contribution in [0.5, 0.6) is 5.75 Å². The minimum absolute atomic E-state index is 0.253. The normalized spacial score (nSPS) is 10.4. The van der Waals surface area contributed by atoms with Gasteiger partial charge in [-0.3, -0.25) is 0 Å². The number of hydrogen-bond acceptors (Lipinski definition) is 4. The third-order valence-electron chi connectivity index (χ3n) is 3.03. The summed E-state index contributed by atoms with van der Waals surface area (Å²) in [5.41, 5.74) is 8.91. The van der Waals surface area contributed by atoms with Gasteiger partial charge < -0.3 is 15.7 Å². The van der Waals surface area contributed by atoms with Gasteiger partial charge in [-0.25, -0.2) is 4.98 Å². The fraction of sp³-hybridized carbons (Fsp3) is 0.214. The van der Waals surface area contributed by atoms with Crippen molar-refractivity contribution in [2.45, 2.75) is 13.5 Å². The SMILES string of the molecule is Cc1ccnc(N(C)c2ccc(O)cc2)c1CN. The first kappa shape index (κ1) is 12.4. The topological polar surface area (TPSA) is 62.4 Å². The molecule has 0 bridgehead atoms. The summed E-state index contributed by atoms with van der Waals surface area (Å²) in [7, 11) is 1.94. The predicted molar refractivity (Wildman–Crippen MR) is 73.0 cm³/mol. The van der Waals surface area contributed by atoms with Crippen LogP contribution in [-0.4, -0.2) is 17.1 Å². The van der Waals surface area contributed by atoms with E-state index in [1.165, 1.54) is 0 Å². The number of nitrogens with zero attached hydrogens (tertiary/aromatic N) is 2. The van der Waals surface area contributed by atoms with Crippen molar-refractivity contribution in [2.24, 2.45) is 5.73 Å². The molecule has 3 N–H and O–H groups in total. The summed E-state index contributed by atoms with van der Waals surface area (Å²) in [6.07, 6.45) is 1.78. The van der Waals surface area contributed by atoms with Crippen LogP contribution in [0.25, 0.3) is 0 Å².